The van der Waals surface area contributed by atoms with E-state index in [0.29, 0.717) is 6.04 Å². The molecule has 0 aliphatic carbocycles. The monoisotopic (exact) mass is 408 g/mol. The molecule has 0 N–H and O–H groups in total. The number of esters is 1. The Balaban J connectivity index is 1.57. The molecule has 1 fully saturated rings. The van der Waals surface area contributed by atoms with Crippen LogP contribution in [0.5, 0.6) is 0 Å². The van der Waals surface area contributed by atoms with E-state index in [1.807, 2.05) is 18.2 Å². The van der Waals surface area contributed by atoms with E-state index in [9.17, 15) is 14.9 Å². The Morgan fingerprint density at radius 1 is 1.23 bits per heavy atom. The number of para-hydroxylation sites is 2. The molecule has 0 saturated carbocycles. The number of carbonyl (C=O) groups is 1. The van der Waals surface area contributed by atoms with Gasteiger partial charge in [0.2, 0.25) is 0 Å². The third-order valence-electron chi connectivity index (χ3n) is 5.76. The van der Waals surface area contributed by atoms with Gasteiger partial charge in [0.05, 0.1) is 23.1 Å². The van der Waals surface area contributed by atoms with Crippen LogP contribution in [0.25, 0.3) is 11.0 Å². The van der Waals surface area contributed by atoms with Crippen molar-refractivity contribution in [1.29, 1.82) is 0 Å². The molecule has 3 aromatic rings. The van der Waals surface area contributed by atoms with Crippen molar-refractivity contribution in [2.75, 3.05) is 25.1 Å². The predicted octanol–water partition coefficient (Wildman–Crippen LogP) is 4.14. The summed E-state index contributed by atoms with van der Waals surface area (Å²) in [4.78, 5) is 29.7. The van der Waals surface area contributed by atoms with Crippen LogP contribution in [0.3, 0.4) is 0 Å². The number of rotatable bonds is 5. The first-order chi connectivity index (χ1) is 14.5. The Bertz CT molecular complexity index is 1100. The lowest BCUT2D eigenvalue weighted by Crippen LogP contribution is -2.35. The van der Waals surface area contributed by atoms with Gasteiger partial charge in [0.15, 0.2) is 0 Å². The highest BCUT2D eigenvalue weighted by Crippen LogP contribution is 2.33. The van der Waals surface area contributed by atoms with Crippen LogP contribution < -0.4 is 4.90 Å². The van der Waals surface area contributed by atoms with Gasteiger partial charge < -0.3 is 14.2 Å². The maximum absolute atomic E-state index is 12.0. The van der Waals surface area contributed by atoms with Crippen molar-refractivity contribution in [3.63, 3.8) is 0 Å². The van der Waals surface area contributed by atoms with E-state index < -0.39 is 10.9 Å². The van der Waals surface area contributed by atoms with E-state index in [4.69, 9.17) is 9.72 Å². The van der Waals surface area contributed by atoms with Gasteiger partial charge in [-0.2, -0.15) is 0 Å². The van der Waals surface area contributed by atoms with Gasteiger partial charge in [0.1, 0.15) is 11.4 Å². The largest absolute Gasteiger partial charge is 0.465 e. The topological polar surface area (TPSA) is 90.5 Å². The van der Waals surface area contributed by atoms with E-state index in [-0.39, 0.29) is 11.3 Å². The first-order valence-electron chi connectivity index (χ1n) is 10.1. The number of fused-ring (bicyclic) bond motifs is 1. The summed E-state index contributed by atoms with van der Waals surface area (Å²) in [6, 6.07) is 13.2. The number of carbonyl (C=O) groups excluding carboxylic acids is 1. The molecule has 1 aliphatic rings. The van der Waals surface area contributed by atoms with E-state index in [1.54, 1.807) is 12.1 Å². The van der Waals surface area contributed by atoms with Crippen LogP contribution in [-0.2, 0) is 11.2 Å². The van der Waals surface area contributed by atoms with Gasteiger partial charge in [-0.1, -0.05) is 19.1 Å². The van der Waals surface area contributed by atoms with Crippen molar-refractivity contribution in [3.05, 3.63) is 64.0 Å². The van der Waals surface area contributed by atoms with Crippen molar-refractivity contribution in [2.24, 2.45) is 0 Å². The molecule has 0 amide bonds. The van der Waals surface area contributed by atoms with E-state index in [1.165, 1.54) is 13.2 Å². The van der Waals surface area contributed by atoms with Crippen LogP contribution in [0.4, 0.5) is 11.4 Å². The molecule has 156 valence electrons. The minimum absolute atomic E-state index is 0.0176. The number of benzene rings is 2. The number of methoxy groups -OCH3 is 1. The molecule has 30 heavy (non-hydrogen) atoms. The molecular weight excluding hydrogens is 384 g/mol. The molecule has 8 heteroatoms. The van der Waals surface area contributed by atoms with Crippen LogP contribution in [-0.4, -0.2) is 40.6 Å². The van der Waals surface area contributed by atoms with Crippen LogP contribution in [0.2, 0.25) is 0 Å². The van der Waals surface area contributed by atoms with Crippen molar-refractivity contribution in [3.8, 4) is 0 Å². The average molecular weight is 408 g/mol. The van der Waals surface area contributed by atoms with Crippen molar-refractivity contribution >= 4 is 28.4 Å². The Kier molecular flexibility index (Phi) is 5.39. The maximum atomic E-state index is 12.0. The molecule has 0 atom stereocenters. The van der Waals surface area contributed by atoms with Gasteiger partial charge in [-0.25, -0.2) is 9.78 Å². The minimum atomic E-state index is -0.698. The second-order valence-corrected chi connectivity index (χ2v) is 7.41. The normalized spacial score (nSPS) is 14.8. The molecule has 1 aliphatic heterocycles. The lowest BCUT2D eigenvalue weighted by atomic mass is 10.0. The number of nitro groups is 1. The SMILES string of the molecule is CCc1nc2ccccc2n1C1CCN(c2ccc([N+](=O)[O-])c(C(=O)OC)c2)CC1. The molecule has 2 heterocycles. The Morgan fingerprint density at radius 3 is 2.63 bits per heavy atom. The van der Waals surface area contributed by atoms with Crippen molar-refractivity contribution < 1.29 is 14.5 Å². The van der Waals surface area contributed by atoms with Gasteiger partial charge in [-0.05, 0) is 37.1 Å². The van der Waals surface area contributed by atoms with Crippen LogP contribution >= 0.6 is 0 Å². The number of hydrogen-bond donors (Lipinski definition) is 0. The fraction of sp³-hybridized carbons (Fsp3) is 0.364. The Morgan fingerprint density at radius 2 is 1.97 bits per heavy atom. The van der Waals surface area contributed by atoms with Crippen LogP contribution in [0.1, 0.15) is 42.0 Å². The molecule has 8 nitrogen and oxygen atoms in total. The summed E-state index contributed by atoms with van der Waals surface area (Å²) in [6.07, 6.45) is 2.73. The summed E-state index contributed by atoms with van der Waals surface area (Å²) < 4.78 is 7.09. The highest BCUT2D eigenvalue weighted by Gasteiger charge is 2.27. The summed E-state index contributed by atoms with van der Waals surface area (Å²) in [7, 11) is 1.23. The summed E-state index contributed by atoms with van der Waals surface area (Å²) in [6.45, 7) is 3.70. The zero-order valence-electron chi connectivity index (χ0n) is 17.1. The lowest BCUT2D eigenvalue weighted by molar-refractivity contribution is -0.385. The van der Waals surface area contributed by atoms with Crippen LogP contribution in [0, 0.1) is 10.1 Å². The van der Waals surface area contributed by atoms with Gasteiger partial charge in [-0.15, -0.1) is 0 Å². The predicted molar refractivity (Wildman–Crippen MR) is 114 cm³/mol. The standard InChI is InChI=1S/C22H24N4O4/c1-3-21-23-18-6-4-5-7-20(18)25(21)15-10-12-24(13-11-15)16-8-9-19(26(28)29)17(14-16)22(27)30-2/h4-9,14-15H,3,10-13H2,1-2H3. The second kappa shape index (κ2) is 8.14. The number of nitrogens with zero attached hydrogens (tertiary/aromatic N) is 4. The third-order valence-corrected chi connectivity index (χ3v) is 5.76. The summed E-state index contributed by atoms with van der Waals surface area (Å²) in [5.41, 5.74) is 2.73. The molecule has 1 aromatic heterocycles. The van der Waals surface area contributed by atoms with Gasteiger partial charge in [0, 0.05) is 37.3 Å². The number of aromatic nitrogens is 2. The number of nitro benzene ring substituents is 1. The maximum Gasteiger partial charge on any atom is 0.344 e. The average Bonchev–Trinajstić information content (AvgIpc) is 3.17. The Hall–Kier alpha value is -3.42. The molecular formula is C22H24N4O4. The summed E-state index contributed by atoms with van der Waals surface area (Å²) >= 11 is 0. The lowest BCUT2D eigenvalue weighted by Gasteiger charge is -2.35. The van der Waals surface area contributed by atoms with Gasteiger partial charge >= 0.3 is 5.97 Å². The Labute approximate surface area is 174 Å². The van der Waals surface area contributed by atoms with Gasteiger partial charge in [-0.3, -0.25) is 10.1 Å². The van der Waals surface area contributed by atoms with Crippen LogP contribution in [0.15, 0.2) is 42.5 Å². The third kappa shape index (κ3) is 3.49. The van der Waals surface area contributed by atoms with Gasteiger partial charge in [0.25, 0.3) is 5.69 Å². The number of aryl methyl sites for hydroxylation is 1. The quantitative estimate of drug-likeness (QED) is 0.358. The number of anilines is 1. The number of hydrogen-bond acceptors (Lipinski definition) is 6. The first-order valence-corrected chi connectivity index (χ1v) is 10.1. The van der Waals surface area contributed by atoms with E-state index >= 15 is 0 Å². The second-order valence-electron chi connectivity index (χ2n) is 7.41. The zero-order valence-corrected chi connectivity index (χ0v) is 17.1. The highest BCUT2D eigenvalue weighted by molar-refractivity contribution is 5.95. The van der Waals surface area contributed by atoms with Crippen molar-refractivity contribution in [2.45, 2.75) is 32.2 Å². The molecule has 4 rings (SSSR count). The summed E-state index contributed by atoms with van der Waals surface area (Å²) in [5, 5.41) is 11.2. The first kappa shape index (κ1) is 19.9. The highest BCUT2D eigenvalue weighted by atomic mass is 16.6. The molecule has 0 spiro atoms. The molecule has 0 radical (unpaired) electrons. The summed E-state index contributed by atoms with van der Waals surface area (Å²) in [5.74, 6) is 0.397. The molecule has 0 unspecified atom stereocenters. The smallest absolute Gasteiger partial charge is 0.344 e. The van der Waals surface area contributed by atoms with Crippen molar-refractivity contribution in [1.82, 2.24) is 9.55 Å². The molecule has 1 saturated heterocycles. The minimum Gasteiger partial charge on any atom is -0.465 e. The molecule has 2 aromatic carbocycles. The zero-order chi connectivity index (χ0) is 21.3. The molecule has 0 bridgehead atoms. The van der Waals surface area contributed by atoms with E-state index in [0.717, 1.165) is 54.9 Å². The number of piperidine rings is 1. The fourth-order valence-electron chi connectivity index (χ4n) is 4.29. The number of imidazole rings is 1. The number of ether oxygens (including phenoxy) is 1. The van der Waals surface area contributed by atoms with E-state index in [2.05, 4.69) is 22.5 Å². The fourth-order valence-corrected chi connectivity index (χ4v) is 4.29.